The van der Waals surface area contributed by atoms with Crippen LogP contribution in [0.3, 0.4) is 0 Å². The third-order valence-electron chi connectivity index (χ3n) is 2.75. The molecule has 0 bridgehead atoms. The van der Waals surface area contributed by atoms with Crippen molar-refractivity contribution in [2.24, 2.45) is 0 Å². The molecule has 4 heteroatoms. The van der Waals surface area contributed by atoms with Crippen LogP contribution in [0, 0.1) is 6.92 Å². The summed E-state index contributed by atoms with van der Waals surface area (Å²) in [6.07, 6.45) is 5.70. The van der Waals surface area contributed by atoms with Crippen LogP contribution in [0.5, 0.6) is 0 Å². The van der Waals surface area contributed by atoms with Gasteiger partial charge in [0.2, 0.25) is 5.95 Å². The fourth-order valence-corrected chi connectivity index (χ4v) is 1.82. The Morgan fingerprint density at radius 1 is 1.25 bits per heavy atom. The molecule has 0 saturated carbocycles. The number of aliphatic hydroxyl groups is 1. The molecule has 1 heterocycles. The Hall–Kier alpha value is -1.16. The number of nitrogens with zero attached hydrogens (tertiary/aromatic N) is 3. The van der Waals surface area contributed by atoms with Gasteiger partial charge in [0.1, 0.15) is 0 Å². The number of aliphatic hydroxyl groups excluding tert-OH is 1. The van der Waals surface area contributed by atoms with Crippen molar-refractivity contribution in [1.82, 2.24) is 9.97 Å². The van der Waals surface area contributed by atoms with Crippen LogP contribution in [-0.4, -0.2) is 34.3 Å². The van der Waals surface area contributed by atoms with E-state index in [-0.39, 0.29) is 6.61 Å². The van der Waals surface area contributed by atoms with Crippen molar-refractivity contribution >= 4 is 5.95 Å². The van der Waals surface area contributed by atoms with Crippen LogP contribution in [0.1, 0.15) is 32.3 Å². The number of hydrogen-bond donors (Lipinski definition) is 1. The lowest BCUT2D eigenvalue weighted by Gasteiger charge is -2.29. The quantitative estimate of drug-likeness (QED) is 0.798. The summed E-state index contributed by atoms with van der Waals surface area (Å²) in [7, 11) is 0. The van der Waals surface area contributed by atoms with Crippen molar-refractivity contribution in [1.29, 1.82) is 0 Å². The monoisotopic (exact) mass is 223 g/mol. The van der Waals surface area contributed by atoms with Crippen LogP contribution in [0.15, 0.2) is 12.4 Å². The van der Waals surface area contributed by atoms with Gasteiger partial charge >= 0.3 is 0 Å². The van der Waals surface area contributed by atoms with E-state index < -0.39 is 0 Å². The van der Waals surface area contributed by atoms with Gasteiger partial charge in [0.25, 0.3) is 0 Å². The number of rotatable bonds is 6. The first-order chi connectivity index (χ1) is 7.72. The van der Waals surface area contributed by atoms with E-state index >= 15 is 0 Å². The second-order valence-electron chi connectivity index (χ2n) is 3.95. The molecule has 1 aromatic rings. The zero-order chi connectivity index (χ0) is 12.0. The second-order valence-corrected chi connectivity index (χ2v) is 3.95. The molecule has 1 N–H and O–H groups in total. The highest BCUT2D eigenvalue weighted by molar-refractivity contribution is 5.31. The molecule has 0 aromatic carbocycles. The van der Waals surface area contributed by atoms with Crippen LogP contribution >= 0.6 is 0 Å². The highest BCUT2D eigenvalue weighted by Crippen LogP contribution is 2.15. The standard InChI is InChI=1S/C12H21N3O/c1-4-11(5-2)15(6-7-16)12-13-8-10(3)9-14-12/h8-9,11,16H,4-7H2,1-3H3. The largest absolute Gasteiger partial charge is 0.395 e. The predicted octanol–water partition coefficient (Wildman–Crippen LogP) is 1.77. The maximum atomic E-state index is 9.10. The van der Waals surface area contributed by atoms with Gasteiger partial charge in [-0.2, -0.15) is 0 Å². The van der Waals surface area contributed by atoms with Gasteiger partial charge in [-0.25, -0.2) is 9.97 Å². The van der Waals surface area contributed by atoms with E-state index in [0.29, 0.717) is 18.5 Å². The molecule has 90 valence electrons. The fraction of sp³-hybridized carbons (Fsp3) is 0.667. The molecule has 0 aliphatic heterocycles. The fourth-order valence-electron chi connectivity index (χ4n) is 1.82. The third-order valence-corrected chi connectivity index (χ3v) is 2.75. The molecular weight excluding hydrogens is 202 g/mol. The summed E-state index contributed by atoms with van der Waals surface area (Å²) in [6.45, 7) is 6.99. The van der Waals surface area contributed by atoms with E-state index in [2.05, 4.69) is 28.7 Å². The van der Waals surface area contributed by atoms with E-state index in [4.69, 9.17) is 5.11 Å². The van der Waals surface area contributed by atoms with Gasteiger partial charge in [-0.1, -0.05) is 13.8 Å². The molecule has 0 fully saturated rings. The predicted molar refractivity (Wildman–Crippen MR) is 65.6 cm³/mol. The number of hydrogen-bond acceptors (Lipinski definition) is 4. The smallest absolute Gasteiger partial charge is 0.225 e. The molecule has 1 rings (SSSR count). The number of anilines is 1. The van der Waals surface area contributed by atoms with Crippen LogP contribution < -0.4 is 4.90 Å². The number of aromatic nitrogens is 2. The average molecular weight is 223 g/mol. The molecule has 4 nitrogen and oxygen atoms in total. The van der Waals surface area contributed by atoms with E-state index in [9.17, 15) is 0 Å². The van der Waals surface area contributed by atoms with Crippen molar-refractivity contribution in [3.63, 3.8) is 0 Å². The maximum Gasteiger partial charge on any atom is 0.225 e. The summed E-state index contributed by atoms with van der Waals surface area (Å²) in [6, 6.07) is 0.398. The Labute approximate surface area is 97.3 Å². The maximum absolute atomic E-state index is 9.10. The molecule has 0 saturated heterocycles. The van der Waals surface area contributed by atoms with Crippen LogP contribution in [-0.2, 0) is 0 Å². The minimum absolute atomic E-state index is 0.133. The summed E-state index contributed by atoms with van der Waals surface area (Å²) in [5, 5.41) is 9.10. The molecule has 0 aliphatic carbocycles. The molecule has 0 atom stereocenters. The lowest BCUT2D eigenvalue weighted by molar-refractivity contribution is 0.295. The molecule has 0 unspecified atom stereocenters. The first kappa shape index (κ1) is 12.9. The molecule has 0 amide bonds. The normalized spacial score (nSPS) is 10.8. The third kappa shape index (κ3) is 3.17. The van der Waals surface area contributed by atoms with Gasteiger partial charge < -0.3 is 10.0 Å². The minimum atomic E-state index is 0.133. The van der Waals surface area contributed by atoms with Gasteiger partial charge in [-0.15, -0.1) is 0 Å². The summed E-state index contributed by atoms with van der Waals surface area (Å²) in [4.78, 5) is 10.7. The Balaban J connectivity index is 2.87. The molecular formula is C12H21N3O. The first-order valence-corrected chi connectivity index (χ1v) is 5.89. The van der Waals surface area contributed by atoms with Gasteiger partial charge in [0.05, 0.1) is 6.61 Å². The van der Waals surface area contributed by atoms with Crippen molar-refractivity contribution in [3.8, 4) is 0 Å². The molecule has 16 heavy (non-hydrogen) atoms. The highest BCUT2D eigenvalue weighted by Gasteiger charge is 2.17. The summed E-state index contributed by atoms with van der Waals surface area (Å²) >= 11 is 0. The number of aryl methyl sites for hydroxylation is 1. The van der Waals surface area contributed by atoms with Crippen molar-refractivity contribution in [3.05, 3.63) is 18.0 Å². The summed E-state index contributed by atoms with van der Waals surface area (Å²) < 4.78 is 0. The lowest BCUT2D eigenvalue weighted by Crippen LogP contribution is -2.38. The molecule has 1 aromatic heterocycles. The molecule has 0 aliphatic rings. The Morgan fingerprint density at radius 3 is 2.25 bits per heavy atom. The average Bonchev–Trinajstić information content (AvgIpc) is 2.31. The first-order valence-electron chi connectivity index (χ1n) is 5.89. The second kappa shape index (κ2) is 6.43. The van der Waals surface area contributed by atoms with Gasteiger partial charge in [-0.05, 0) is 25.3 Å². The van der Waals surface area contributed by atoms with Crippen molar-refractivity contribution < 1.29 is 5.11 Å². The van der Waals surface area contributed by atoms with E-state index in [1.54, 1.807) is 0 Å². The Morgan fingerprint density at radius 2 is 1.81 bits per heavy atom. The van der Waals surface area contributed by atoms with Crippen molar-refractivity contribution in [2.75, 3.05) is 18.1 Å². The zero-order valence-corrected chi connectivity index (χ0v) is 10.3. The van der Waals surface area contributed by atoms with Crippen molar-refractivity contribution in [2.45, 2.75) is 39.7 Å². The van der Waals surface area contributed by atoms with E-state index in [1.165, 1.54) is 0 Å². The van der Waals surface area contributed by atoms with Crippen LogP contribution in [0.2, 0.25) is 0 Å². The highest BCUT2D eigenvalue weighted by atomic mass is 16.3. The lowest BCUT2D eigenvalue weighted by atomic mass is 10.1. The summed E-state index contributed by atoms with van der Waals surface area (Å²) in [5.41, 5.74) is 1.05. The van der Waals surface area contributed by atoms with E-state index in [1.807, 2.05) is 19.3 Å². The SMILES string of the molecule is CCC(CC)N(CCO)c1ncc(C)cn1. The van der Waals surface area contributed by atoms with Crippen LogP contribution in [0.25, 0.3) is 0 Å². The van der Waals surface area contributed by atoms with E-state index in [0.717, 1.165) is 18.4 Å². The Kier molecular flexibility index (Phi) is 5.19. The minimum Gasteiger partial charge on any atom is -0.395 e. The topological polar surface area (TPSA) is 49.2 Å². The van der Waals surface area contributed by atoms with Gasteiger partial charge in [0, 0.05) is 25.0 Å². The van der Waals surface area contributed by atoms with Crippen LogP contribution in [0.4, 0.5) is 5.95 Å². The van der Waals surface area contributed by atoms with Gasteiger partial charge in [0.15, 0.2) is 0 Å². The zero-order valence-electron chi connectivity index (χ0n) is 10.3. The summed E-state index contributed by atoms with van der Waals surface area (Å²) in [5.74, 6) is 0.716. The Bertz CT molecular complexity index is 296. The molecule has 0 radical (unpaired) electrons. The molecule has 0 spiro atoms. The van der Waals surface area contributed by atoms with Gasteiger partial charge in [-0.3, -0.25) is 0 Å².